The Hall–Kier alpha value is -0.0400. The fourth-order valence-electron chi connectivity index (χ4n) is 6.24. The summed E-state index contributed by atoms with van der Waals surface area (Å²) in [6.07, 6.45) is 5.41. The molecule has 1 heteroatoms. The predicted molar refractivity (Wildman–Crippen MR) is 70.9 cm³/mol. The van der Waals surface area contributed by atoms with Gasteiger partial charge in [-0.25, -0.2) is 0 Å². The lowest BCUT2D eigenvalue weighted by Crippen LogP contribution is -2.40. The average molecular weight is 236 g/mol. The van der Waals surface area contributed by atoms with Crippen LogP contribution in [0.25, 0.3) is 0 Å². The lowest BCUT2D eigenvalue weighted by Gasteiger charge is -2.41. The molecule has 0 radical (unpaired) electrons. The topological polar surface area (TPSA) is 9.23 Å². The van der Waals surface area contributed by atoms with Crippen molar-refractivity contribution in [2.45, 2.75) is 65.9 Å². The van der Waals surface area contributed by atoms with Crippen molar-refractivity contribution >= 4 is 0 Å². The molecule has 0 aromatic rings. The van der Waals surface area contributed by atoms with E-state index in [9.17, 15) is 0 Å². The van der Waals surface area contributed by atoms with E-state index in [1.54, 1.807) is 0 Å². The van der Waals surface area contributed by atoms with Crippen LogP contribution in [0.4, 0.5) is 0 Å². The van der Waals surface area contributed by atoms with Gasteiger partial charge in [-0.2, -0.15) is 0 Å². The standard InChI is InChI=1S/C16H28O/c1-11-13(2,3)12-8-7-9-15(17-6)10-16(12,15)14(11,4)5/h11-12H,7-10H2,1-6H3. The molecule has 0 N–H and O–H groups in total. The van der Waals surface area contributed by atoms with Gasteiger partial charge < -0.3 is 4.74 Å². The molecule has 1 nitrogen and oxygen atoms in total. The smallest absolute Gasteiger partial charge is 0.0750 e. The minimum Gasteiger partial charge on any atom is -0.378 e. The first-order valence-corrected chi connectivity index (χ1v) is 7.31. The first-order valence-electron chi connectivity index (χ1n) is 7.31. The quantitative estimate of drug-likeness (QED) is 0.661. The van der Waals surface area contributed by atoms with Crippen molar-refractivity contribution in [1.82, 2.24) is 0 Å². The molecule has 4 unspecified atom stereocenters. The Morgan fingerprint density at radius 3 is 2.35 bits per heavy atom. The van der Waals surface area contributed by atoms with Gasteiger partial charge in [0.15, 0.2) is 0 Å². The molecular formula is C16H28O. The van der Waals surface area contributed by atoms with E-state index in [-0.39, 0.29) is 5.60 Å². The number of methoxy groups -OCH3 is 1. The van der Waals surface area contributed by atoms with Crippen LogP contribution >= 0.6 is 0 Å². The van der Waals surface area contributed by atoms with Crippen LogP contribution in [0, 0.1) is 28.1 Å². The van der Waals surface area contributed by atoms with Crippen molar-refractivity contribution in [3.05, 3.63) is 0 Å². The summed E-state index contributed by atoms with van der Waals surface area (Å²) in [5.74, 6) is 1.66. The summed E-state index contributed by atoms with van der Waals surface area (Å²) in [7, 11) is 1.95. The fourth-order valence-corrected chi connectivity index (χ4v) is 6.24. The molecule has 0 saturated heterocycles. The van der Waals surface area contributed by atoms with Crippen molar-refractivity contribution in [3.8, 4) is 0 Å². The molecule has 0 amide bonds. The number of ether oxygens (including phenoxy) is 1. The van der Waals surface area contributed by atoms with Crippen molar-refractivity contribution < 1.29 is 4.74 Å². The van der Waals surface area contributed by atoms with Crippen LogP contribution in [0.2, 0.25) is 0 Å². The zero-order valence-electron chi connectivity index (χ0n) is 12.4. The van der Waals surface area contributed by atoms with Gasteiger partial charge in [0, 0.05) is 12.5 Å². The number of hydrogen-bond acceptors (Lipinski definition) is 1. The van der Waals surface area contributed by atoms with Crippen molar-refractivity contribution in [2.75, 3.05) is 7.11 Å². The van der Waals surface area contributed by atoms with E-state index < -0.39 is 0 Å². The molecule has 0 aromatic heterocycles. The average Bonchev–Trinajstić information content (AvgIpc) is 2.96. The Morgan fingerprint density at radius 2 is 1.76 bits per heavy atom. The molecule has 0 aliphatic heterocycles. The minimum absolute atomic E-state index is 0.238. The Bertz CT molecular complexity index is 357. The molecule has 3 aliphatic carbocycles. The van der Waals surface area contributed by atoms with E-state index in [0.717, 1.165) is 11.8 Å². The minimum atomic E-state index is 0.238. The summed E-state index contributed by atoms with van der Waals surface area (Å²) < 4.78 is 6.03. The zero-order chi connectivity index (χ0) is 12.7. The van der Waals surface area contributed by atoms with Crippen molar-refractivity contribution in [3.63, 3.8) is 0 Å². The molecule has 3 fully saturated rings. The highest BCUT2D eigenvalue weighted by Gasteiger charge is 2.84. The second-order valence-electron chi connectivity index (χ2n) is 8.06. The largest absolute Gasteiger partial charge is 0.378 e. The van der Waals surface area contributed by atoms with Crippen LogP contribution < -0.4 is 0 Å². The Morgan fingerprint density at radius 1 is 1.12 bits per heavy atom. The van der Waals surface area contributed by atoms with Gasteiger partial charge >= 0.3 is 0 Å². The first kappa shape index (κ1) is 12.0. The van der Waals surface area contributed by atoms with Gasteiger partial charge in [0.1, 0.15) is 0 Å². The molecule has 3 aliphatic rings. The highest BCUT2D eigenvalue weighted by Crippen LogP contribution is 2.85. The molecule has 0 heterocycles. The normalized spacial score (nSPS) is 54.0. The van der Waals surface area contributed by atoms with Gasteiger partial charge in [-0.3, -0.25) is 0 Å². The summed E-state index contributed by atoms with van der Waals surface area (Å²) in [5, 5.41) is 0. The van der Waals surface area contributed by atoms with Crippen molar-refractivity contribution in [1.29, 1.82) is 0 Å². The van der Waals surface area contributed by atoms with E-state index in [1.807, 2.05) is 7.11 Å². The molecule has 0 aromatic carbocycles. The van der Waals surface area contributed by atoms with E-state index in [2.05, 4.69) is 34.6 Å². The van der Waals surface area contributed by atoms with Crippen LogP contribution in [0.5, 0.6) is 0 Å². The second-order valence-corrected chi connectivity index (χ2v) is 8.06. The highest BCUT2D eigenvalue weighted by molar-refractivity contribution is 5.32. The maximum absolute atomic E-state index is 6.03. The van der Waals surface area contributed by atoms with E-state index in [0.29, 0.717) is 16.2 Å². The number of rotatable bonds is 1. The highest BCUT2D eigenvalue weighted by atomic mass is 16.5. The van der Waals surface area contributed by atoms with Gasteiger partial charge in [0.2, 0.25) is 0 Å². The van der Waals surface area contributed by atoms with Crippen LogP contribution in [0.3, 0.4) is 0 Å². The molecule has 4 atom stereocenters. The SMILES string of the molecule is COC12CCCC3C(C)(C)C(C)C(C)(C)C31C2. The summed E-state index contributed by atoms with van der Waals surface area (Å²) in [6, 6.07) is 0. The summed E-state index contributed by atoms with van der Waals surface area (Å²) in [4.78, 5) is 0. The Labute approximate surface area is 106 Å². The monoisotopic (exact) mass is 236 g/mol. The third-order valence-electron chi connectivity index (χ3n) is 7.56. The molecule has 17 heavy (non-hydrogen) atoms. The Balaban J connectivity index is 2.13. The van der Waals surface area contributed by atoms with Gasteiger partial charge in [0.25, 0.3) is 0 Å². The molecular weight excluding hydrogens is 208 g/mol. The summed E-state index contributed by atoms with van der Waals surface area (Å²) in [5.41, 5.74) is 1.62. The van der Waals surface area contributed by atoms with Gasteiger partial charge in [0.05, 0.1) is 5.60 Å². The maximum atomic E-state index is 6.03. The predicted octanol–water partition coefficient (Wildman–Crippen LogP) is 4.26. The summed E-state index contributed by atoms with van der Waals surface area (Å²) >= 11 is 0. The first-order chi connectivity index (χ1) is 7.76. The van der Waals surface area contributed by atoms with Gasteiger partial charge in [-0.15, -0.1) is 0 Å². The second kappa shape index (κ2) is 2.92. The van der Waals surface area contributed by atoms with Crippen LogP contribution in [-0.2, 0) is 4.74 Å². The maximum Gasteiger partial charge on any atom is 0.0750 e. The van der Waals surface area contributed by atoms with E-state index >= 15 is 0 Å². The van der Waals surface area contributed by atoms with Crippen molar-refractivity contribution in [2.24, 2.45) is 28.1 Å². The fraction of sp³-hybridized carbons (Fsp3) is 1.00. The third-order valence-corrected chi connectivity index (χ3v) is 7.56. The van der Waals surface area contributed by atoms with Gasteiger partial charge in [-0.1, -0.05) is 41.0 Å². The van der Waals surface area contributed by atoms with Crippen LogP contribution in [0.15, 0.2) is 0 Å². The van der Waals surface area contributed by atoms with Gasteiger partial charge in [-0.05, 0) is 41.9 Å². The van der Waals surface area contributed by atoms with E-state index in [4.69, 9.17) is 4.74 Å². The van der Waals surface area contributed by atoms with Crippen LogP contribution in [-0.4, -0.2) is 12.7 Å². The lowest BCUT2D eigenvalue weighted by molar-refractivity contribution is -0.0413. The Kier molecular flexibility index (Phi) is 2.07. The third kappa shape index (κ3) is 0.993. The molecule has 1 spiro atoms. The van der Waals surface area contributed by atoms with Crippen LogP contribution in [0.1, 0.15) is 60.3 Å². The van der Waals surface area contributed by atoms with E-state index in [1.165, 1.54) is 25.7 Å². The molecule has 3 saturated carbocycles. The summed E-state index contributed by atoms with van der Waals surface area (Å²) in [6.45, 7) is 12.5. The lowest BCUT2D eigenvalue weighted by atomic mass is 9.66. The molecule has 3 rings (SSSR count). The zero-order valence-corrected chi connectivity index (χ0v) is 12.4. The molecule has 0 bridgehead atoms. The molecule has 98 valence electrons. The number of hydrogen-bond donors (Lipinski definition) is 0.